The fourth-order valence-corrected chi connectivity index (χ4v) is 5.06. The number of nitrogens with zero attached hydrogens (tertiary/aromatic N) is 2. The van der Waals surface area contributed by atoms with Crippen LogP contribution in [-0.4, -0.2) is 61.7 Å². The normalized spacial score (nSPS) is 20.3. The van der Waals surface area contributed by atoms with Crippen LogP contribution in [0.3, 0.4) is 0 Å². The molecule has 194 valence electrons. The Kier molecular flexibility index (Phi) is 8.29. The minimum absolute atomic E-state index is 0.0478. The average Bonchev–Trinajstić information content (AvgIpc) is 3.71. The highest BCUT2D eigenvalue weighted by Gasteiger charge is 2.40. The van der Waals surface area contributed by atoms with Gasteiger partial charge in [0.15, 0.2) is 0 Å². The van der Waals surface area contributed by atoms with E-state index in [0.29, 0.717) is 30.6 Å². The molecule has 1 aliphatic carbocycles. The Bertz CT molecular complexity index is 1170. The lowest BCUT2D eigenvalue weighted by atomic mass is 10.1. The van der Waals surface area contributed by atoms with Crippen LogP contribution in [0.2, 0.25) is 5.02 Å². The van der Waals surface area contributed by atoms with Crippen LogP contribution < -0.4 is 10.1 Å². The van der Waals surface area contributed by atoms with Crippen molar-refractivity contribution in [1.29, 1.82) is 0 Å². The Morgan fingerprint density at radius 3 is 2.49 bits per heavy atom. The van der Waals surface area contributed by atoms with E-state index in [1.807, 2.05) is 59.5 Å². The predicted molar refractivity (Wildman–Crippen MR) is 146 cm³/mol. The first-order valence-electron chi connectivity index (χ1n) is 12.9. The van der Waals surface area contributed by atoms with E-state index in [-0.39, 0.29) is 18.2 Å². The van der Waals surface area contributed by atoms with Crippen LogP contribution in [0.25, 0.3) is 0 Å². The van der Waals surface area contributed by atoms with E-state index in [2.05, 4.69) is 34.5 Å². The molecule has 3 atom stereocenters. The highest BCUT2D eigenvalue weighted by molar-refractivity contribution is 6.30. The summed E-state index contributed by atoms with van der Waals surface area (Å²) in [6.07, 6.45) is 0.908. The maximum atomic E-state index is 12.9. The summed E-state index contributed by atoms with van der Waals surface area (Å²) in [5, 5.41) is 3.94. The molecule has 3 aromatic rings. The Hall–Kier alpha value is -3.06. The number of piperazine rings is 1. The van der Waals surface area contributed by atoms with Gasteiger partial charge >= 0.3 is 6.03 Å². The van der Waals surface area contributed by atoms with Gasteiger partial charge in [-0.1, -0.05) is 66.2 Å². The van der Waals surface area contributed by atoms with Gasteiger partial charge in [0.1, 0.15) is 5.75 Å². The zero-order valence-corrected chi connectivity index (χ0v) is 21.9. The zero-order chi connectivity index (χ0) is 25.6. The van der Waals surface area contributed by atoms with E-state index in [4.69, 9.17) is 21.1 Å². The molecule has 6 nitrogen and oxygen atoms in total. The van der Waals surface area contributed by atoms with Crippen molar-refractivity contribution in [3.8, 4) is 5.75 Å². The monoisotopic (exact) mass is 519 g/mol. The van der Waals surface area contributed by atoms with Crippen LogP contribution >= 0.6 is 11.6 Å². The van der Waals surface area contributed by atoms with Crippen molar-refractivity contribution in [3.63, 3.8) is 0 Å². The maximum Gasteiger partial charge on any atom is 0.317 e. The number of carbonyl (C=O) groups is 1. The van der Waals surface area contributed by atoms with E-state index in [1.165, 1.54) is 5.56 Å². The molecule has 1 saturated carbocycles. The van der Waals surface area contributed by atoms with Gasteiger partial charge in [-0.25, -0.2) is 4.79 Å². The molecule has 2 amide bonds. The third-order valence-corrected chi connectivity index (χ3v) is 7.49. The number of hydrogen-bond acceptors (Lipinski definition) is 4. The topological polar surface area (TPSA) is 54.0 Å². The number of methoxy groups -OCH3 is 1. The van der Waals surface area contributed by atoms with Gasteiger partial charge in [0.2, 0.25) is 0 Å². The van der Waals surface area contributed by atoms with Crippen molar-refractivity contribution in [1.82, 2.24) is 15.1 Å². The minimum Gasteiger partial charge on any atom is -0.497 e. The van der Waals surface area contributed by atoms with Crippen LogP contribution in [-0.2, 0) is 11.3 Å². The number of rotatable bonds is 9. The van der Waals surface area contributed by atoms with Crippen molar-refractivity contribution in [3.05, 3.63) is 101 Å². The molecule has 7 heteroatoms. The van der Waals surface area contributed by atoms with E-state index >= 15 is 0 Å². The molecule has 5 rings (SSSR count). The van der Waals surface area contributed by atoms with Crippen LogP contribution in [0.1, 0.15) is 35.1 Å². The van der Waals surface area contributed by atoms with Crippen molar-refractivity contribution in [2.75, 3.05) is 39.8 Å². The van der Waals surface area contributed by atoms with Gasteiger partial charge in [0.05, 0.1) is 19.8 Å². The Balaban J connectivity index is 1.14. The molecule has 1 heterocycles. The molecule has 1 saturated heterocycles. The SMILES string of the molecule is COc1cccc(CO[C@H](CN2CCN(C(=O)N[C@@H]3C[C@H]3c3ccccc3)CC2)c2ccc(Cl)cc2)c1. The molecule has 0 spiro atoms. The second kappa shape index (κ2) is 12.0. The average molecular weight is 520 g/mol. The number of urea groups is 1. The van der Waals surface area contributed by atoms with Crippen LogP contribution in [0.15, 0.2) is 78.9 Å². The molecule has 0 bridgehead atoms. The number of benzene rings is 3. The summed E-state index contributed by atoms with van der Waals surface area (Å²) in [4.78, 5) is 17.2. The number of ether oxygens (including phenoxy) is 2. The summed E-state index contributed by atoms with van der Waals surface area (Å²) >= 11 is 6.14. The van der Waals surface area contributed by atoms with E-state index in [0.717, 1.165) is 42.9 Å². The highest BCUT2D eigenvalue weighted by atomic mass is 35.5. The molecule has 0 aromatic heterocycles. The lowest BCUT2D eigenvalue weighted by molar-refractivity contribution is 0.00550. The Labute approximate surface area is 224 Å². The smallest absolute Gasteiger partial charge is 0.317 e. The third-order valence-electron chi connectivity index (χ3n) is 7.24. The molecule has 2 aliphatic rings. The lowest BCUT2D eigenvalue weighted by Crippen LogP contribution is -2.52. The van der Waals surface area contributed by atoms with Crippen LogP contribution in [0.5, 0.6) is 5.75 Å². The summed E-state index contributed by atoms with van der Waals surface area (Å²) in [5.74, 6) is 1.26. The number of hydrogen-bond donors (Lipinski definition) is 1. The molecule has 2 fully saturated rings. The van der Waals surface area contributed by atoms with Crippen molar-refractivity contribution in [2.45, 2.75) is 31.1 Å². The molecule has 1 N–H and O–H groups in total. The first-order chi connectivity index (χ1) is 18.1. The second-order valence-electron chi connectivity index (χ2n) is 9.80. The van der Waals surface area contributed by atoms with Crippen molar-refractivity contribution in [2.24, 2.45) is 0 Å². The standard InChI is InChI=1S/C30H34ClN3O3/c1-36-26-9-5-6-22(18-26)21-37-29(24-10-12-25(31)13-11-24)20-33-14-16-34(17-15-33)30(35)32-28-19-27(28)23-7-3-2-4-8-23/h2-13,18,27-29H,14-17,19-21H2,1H3,(H,32,35)/t27-,28+,29+/m0/s1. The Morgan fingerprint density at radius 1 is 1.00 bits per heavy atom. The van der Waals surface area contributed by atoms with Gasteiger partial charge in [-0.15, -0.1) is 0 Å². The number of amides is 2. The third kappa shape index (κ3) is 6.83. The molecule has 37 heavy (non-hydrogen) atoms. The van der Waals surface area contributed by atoms with Crippen molar-refractivity contribution < 1.29 is 14.3 Å². The summed E-state index contributed by atoms with van der Waals surface area (Å²) in [6, 6.07) is 26.5. The highest BCUT2D eigenvalue weighted by Crippen LogP contribution is 2.40. The fraction of sp³-hybridized carbons (Fsp3) is 0.367. The van der Waals surface area contributed by atoms with E-state index < -0.39 is 0 Å². The molecule has 0 unspecified atom stereocenters. The van der Waals surface area contributed by atoms with Crippen molar-refractivity contribution >= 4 is 17.6 Å². The van der Waals surface area contributed by atoms with Gasteiger partial charge in [0.25, 0.3) is 0 Å². The zero-order valence-electron chi connectivity index (χ0n) is 21.2. The van der Waals surface area contributed by atoms with Gasteiger partial charge in [-0.3, -0.25) is 4.90 Å². The maximum absolute atomic E-state index is 12.9. The van der Waals surface area contributed by atoms with Gasteiger partial charge in [-0.2, -0.15) is 0 Å². The number of nitrogens with one attached hydrogen (secondary N) is 1. The summed E-state index contributed by atoms with van der Waals surface area (Å²) < 4.78 is 11.8. The fourth-order valence-electron chi connectivity index (χ4n) is 4.93. The molecular formula is C30H34ClN3O3. The first kappa shape index (κ1) is 25.6. The molecule has 3 aromatic carbocycles. The largest absolute Gasteiger partial charge is 0.497 e. The van der Waals surface area contributed by atoms with E-state index in [1.54, 1.807) is 7.11 Å². The number of carbonyl (C=O) groups excluding carboxylic acids is 1. The quantitative estimate of drug-likeness (QED) is 0.406. The summed E-state index contributed by atoms with van der Waals surface area (Å²) in [5.41, 5.74) is 3.46. The van der Waals surface area contributed by atoms with Crippen LogP contribution in [0, 0.1) is 0 Å². The Morgan fingerprint density at radius 2 is 1.76 bits per heavy atom. The molecule has 0 radical (unpaired) electrons. The first-order valence-corrected chi connectivity index (χ1v) is 13.3. The molecular weight excluding hydrogens is 486 g/mol. The van der Waals surface area contributed by atoms with Gasteiger partial charge < -0.3 is 19.7 Å². The minimum atomic E-state index is -0.109. The van der Waals surface area contributed by atoms with Gasteiger partial charge in [-0.05, 0) is 47.4 Å². The lowest BCUT2D eigenvalue weighted by Gasteiger charge is -2.36. The van der Waals surface area contributed by atoms with E-state index in [9.17, 15) is 4.79 Å². The molecule has 1 aliphatic heterocycles. The van der Waals surface area contributed by atoms with Crippen LogP contribution in [0.4, 0.5) is 4.79 Å². The summed E-state index contributed by atoms with van der Waals surface area (Å²) in [6.45, 7) is 4.27. The summed E-state index contributed by atoms with van der Waals surface area (Å²) in [7, 11) is 1.67. The predicted octanol–water partition coefficient (Wildman–Crippen LogP) is 5.49. The number of halogens is 1. The van der Waals surface area contributed by atoms with Gasteiger partial charge in [0, 0.05) is 49.7 Å². The second-order valence-corrected chi connectivity index (χ2v) is 10.2.